The maximum Gasteiger partial charge on any atom is 0.386 e. The lowest BCUT2D eigenvalue weighted by Crippen LogP contribution is -2.23. The molecule has 1 aliphatic rings. The number of nitrogens with zero attached hydrogens (tertiary/aromatic N) is 3. The van der Waals surface area contributed by atoms with Gasteiger partial charge in [0.1, 0.15) is 0 Å². The Morgan fingerprint density at radius 1 is 0.636 bits per heavy atom. The van der Waals surface area contributed by atoms with Gasteiger partial charge in [-0.2, -0.15) is 0 Å². The van der Waals surface area contributed by atoms with Crippen LogP contribution in [0.5, 0.6) is 0 Å². The van der Waals surface area contributed by atoms with Gasteiger partial charge in [-0.05, 0) is 37.7 Å². The van der Waals surface area contributed by atoms with Crippen molar-refractivity contribution in [1.82, 2.24) is 4.90 Å². The number of rotatable bonds is 21. The molecule has 0 N–H and O–H groups in total. The zero-order valence-corrected chi connectivity index (χ0v) is 24.4. The van der Waals surface area contributed by atoms with Crippen molar-refractivity contribution in [3.05, 3.63) is 0 Å². The Morgan fingerprint density at radius 3 is 1.33 bits per heavy atom. The van der Waals surface area contributed by atoms with Crippen LogP contribution in [0, 0.1) is 0 Å². The van der Waals surface area contributed by atoms with Gasteiger partial charge in [-0.1, -0.05) is 122 Å². The maximum atomic E-state index is 5.75. The first-order valence-electron chi connectivity index (χ1n) is 15.0. The Morgan fingerprint density at radius 2 is 1.00 bits per heavy atom. The minimum Gasteiger partial charge on any atom is -0.261 e. The van der Waals surface area contributed by atoms with Crippen molar-refractivity contribution in [2.45, 2.75) is 136 Å². The Hall–Kier alpha value is -0.300. The molecule has 0 atom stereocenters. The van der Waals surface area contributed by atoms with Crippen molar-refractivity contribution in [3.8, 4) is 0 Å². The third-order valence-electron chi connectivity index (χ3n) is 7.54. The second-order valence-electron chi connectivity index (χ2n) is 10.8. The Bertz CT molecular complexity index is 508. The van der Waals surface area contributed by atoms with Crippen molar-refractivity contribution in [1.29, 1.82) is 0 Å². The summed E-state index contributed by atoms with van der Waals surface area (Å²) in [5, 5.41) is 0. The number of guanidine groups is 1. The molecule has 4 heteroatoms. The van der Waals surface area contributed by atoms with Gasteiger partial charge < -0.3 is 0 Å². The lowest BCUT2D eigenvalue weighted by atomic mass is 10.1. The molecule has 0 aromatic heterocycles. The van der Waals surface area contributed by atoms with Crippen molar-refractivity contribution >= 4 is 13.0 Å². The summed E-state index contributed by atoms with van der Waals surface area (Å²) in [5.41, 5.74) is 0. The Balaban J connectivity index is 2.87. The number of unbranched alkanes of at least 4 members (excludes halogenated alkanes) is 15. The van der Waals surface area contributed by atoms with Gasteiger partial charge in [-0.25, -0.2) is 0 Å². The Labute approximate surface area is 209 Å². The number of hydrogen-bond donors (Lipinski definition) is 0. The van der Waals surface area contributed by atoms with Crippen molar-refractivity contribution in [3.63, 3.8) is 0 Å². The molecule has 1 heterocycles. The molecule has 0 amide bonds. The lowest BCUT2D eigenvalue weighted by molar-refractivity contribution is -0.487. The highest BCUT2D eigenvalue weighted by molar-refractivity contribution is 7.66. The van der Waals surface area contributed by atoms with Gasteiger partial charge >= 0.3 is 5.96 Å². The van der Waals surface area contributed by atoms with Gasteiger partial charge in [-0.15, -0.1) is 0 Å². The lowest BCUT2D eigenvalue weighted by Gasteiger charge is -2.22. The summed E-state index contributed by atoms with van der Waals surface area (Å²) < 4.78 is 8.18. The summed E-state index contributed by atoms with van der Waals surface area (Å²) in [6, 6.07) is 0. The highest BCUT2D eigenvalue weighted by Gasteiger charge is 2.30. The zero-order valence-electron chi connectivity index (χ0n) is 23.6. The fourth-order valence-electron chi connectivity index (χ4n) is 5.18. The third kappa shape index (κ3) is 14.0. The topological polar surface area (TPSA) is 18.6 Å². The molecule has 1 rings (SSSR count). The molecule has 0 saturated carbocycles. The third-order valence-corrected chi connectivity index (χ3v) is 11.6. The fraction of sp³-hybridized carbons (Fsp3) is 0.966. The van der Waals surface area contributed by atoms with E-state index in [1.807, 2.05) is 0 Å². The van der Waals surface area contributed by atoms with Gasteiger partial charge in [0.25, 0.3) is 0 Å². The van der Waals surface area contributed by atoms with Crippen molar-refractivity contribution in [2.24, 2.45) is 4.74 Å². The fourth-order valence-corrected chi connectivity index (χ4v) is 9.27. The first kappa shape index (κ1) is 30.7. The second kappa shape index (κ2) is 19.9. The van der Waals surface area contributed by atoms with E-state index in [4.69, 9.17) is 4.74 Å². The minimum absolute atomic E-state index is 1.14. The van der Waals surface area contributed by atoms with E-state index in [0.717, 1.165) is 13.1 Å². The van der Waals surface area contributed by atoms with E-state index in [9.17, 15) is 0 Å². The minimum atomic E-state index is -1.28. The second-order valence-corrected chi connectivity index (χ2v) is 14.5. The summed E-state index contributed by atoms with van der Waals surface area (Å²) in [5.74, 6) is 1.31. The average molecular weight is 483 g/mol. The standard InChI is InChI=1S/C29H61N3P/c1-6-9-12-15-18-21-26-33(27-22-19-16-13-10-7-2,28-23-20-17-14-11-8-3)30-29-31(4)24-25-32(29)5/h6-28H2,1-5H3/q+1. The monoisotopic (exact) mass is 482 g/mol. The first-order valence-corrected chi connectivity index (χ1v) is 17.3. The molecule has 0 radical (unpaired) electrons. The van der Waals surface area contributed by atoms with Gasteiger partial charge in [0.05, 0.1) is 34.2 Å². The summed E-state index contributed by atoms with van der Waals surface area (Å²) >= 11 is 0. The van der Waals surface area contributed by atoms with E-state index in [-0.39, 0.29) is 0 Å². The molecule has 33 heavy (non-hydrogen) atoms. The molecule has 0 fully saturated rings. The van der Waals surface area contributed by atoms with E-state index in [1.54, 1.807) is 0 Å². The smallest absolute Gasteiger partial charge is 0.261 e. The van der Waals surface area contributed by atoms with Gasteiger partial charge in [0.2, 0.25) is 0 Å². The number of likely N-dealkylation sites (N-methyl/N-ethyl adjacent to an activating group) is 2. The molecule has 0 aliphatic carbocycles. The molecular formula is C29H61N3P+. The van der Waals surface area contributed by atoms with Crippen LogP contribution in [0.3, 0.4) is 0 Å². The normalized spacial score (nSPS) is 14.5. The summed E-state index contributed by atoms with van der Waals surface area (Å²) in [6.45, 7) is 9.24. The quantitative estimate of drug-likeness (QED) is 0.0906. The van der Waals surface area contributed by atoms with Crippen LogP contribution >= 0.6 is 7.05 Å². The molecule has 0 aromatic rings. The number of hydrogen-bond acceptors (Lipinski definition) is 2. The SMILES string of the molecule is CCCCCCCCP(CCCCCCCC)(CCCCCCCC)=NC1=[N+](C)CCN1C. The van der Waals surface area contributed by atoms with Gasteiger partial charge in [0.15, 0.2) is 0 Å². The molecule has 0 unspecified atom stereocenters. The summed E-state index contributed by atoms with van der Waals surface area (Å²) in [7, 11) is 3.24. The molecule has 0 saturated heterocycles. The van der Waals surface area contributed by atoms with Crippen LogP contribution in [-0.2, 0) is 0 Å². The molecule has 1 aliphatic heterocycles. The molecule has 196 valence electrons. The molecule has 0 bridgehead atoms. The van der Waals surface area contributed by atoms with Crippen LogP contribution in [0.1, 0.15) is 136 Å². The zero-order chi connectivity index (χ0) is 24.2. The molecule has 0 aromatic carbocycles. The van der Waals surface area contributed by atoms with Crippen LogP contribution in [-0.4, -0.2) is 61.1 Å². The van der Waals surface area contributed by atoms with Gasteiger partial charge in [-0.3, -0.25) is 9.48 Å². The van der Waals surface area contributed by atoms with E-state index >= 15 is 0 Å². The summed E-state index contributed by atoms with van der Waals surface area (Å²) in [6.07, 6.45) is 29.6. The summed E-state index contributed by atoms with van der Waals surface area (Å²) in [4.78, 5) is 2.43. The van der Waals surface area contributed by atoms with Crippen LogP contribution in [0.25, 0.3) is 0 Å². The largest absolute Gasteiger partial charge is 0.386 e. The Kier molecular flexibility index (Phi) is 18.6. The van der Waals surface area contributed by atoms with Crippen LogP contribution < -0.4 is 0 Å². The maximum absolute atomic E-state index is 5.75. The van der Waals surface area contributed by atoms with E-state index in [0.29, 0.717) is 0 Å². The average Bonchev–Trinajstić information content (AvgIpc) is 3.12. The highest BCUT2D eigenvalue weighted by Crippen LogP contribution is 2.52. The van der Waals surface area contributed by atoms with Crippen molar-refractivity contribution in [2.75, 3.05) is 45.7 Å². The van der Waals surface area contributed by atoms with Crippen LogP contribution in [0.4, 0.5) is 0 Å². The molecular weight excluding hydrogens is 421 g/mol. The predicted molar refractivity (Wildman–Crippen MR) is 153 cm³/mol. The van der Waals surface area contributed by atoms with E-state index < -0.39 is 7.05 Å². The molecule has 3 nitrogen and oxygen atoms in total. The van der Waals surface area contributed by atoms with E-state index in [2.05, 4.69) is 44.3 Å². The van der Waals surface area contributed by atoms with Crippen LogP contribution in [0.15, 0.2) is 4.74 Å². The molecule has 0 spiro atoms. The van der Waals surface area contributed by atoms with Crippen molar-refractivity contribution < 1.29 is 4.58 Å². The highest BCUT2D eigenvalue weighted by atomic mass is 31.2. The first-order chi connectivity index (χ1) is 16.1. The van der Waals surface area contributed by atoms with E-state index in [1.165, 1.54) is 140 Å². The van der Waals surface area contributed by atoms with Crippen LogP contribution in [0.2, 0.25) is 0 Å². The predicted octanol–water partition coefficient (Wildman–Crippen LogP) is 9.21. The van der Waals surface area contributed by atoms with Gasteiger partial charge in [0, 0.05) is 0 Å².